The summed E-state index contributed by atoms with van der Waals surface area (Å²) in [6.07, 6.45) is 1.70. The van der Waals surface area contributed by atoms with E-state index < -0.39 is 5.54 Å². The van der Waals surface area contributed by atoms with Crippen LogP contribution in [0.15, 0.2) is 22.7 Å². The molecule has 5 heteroatoms. The number of carbonyl (C=O) groups excluding carboxylic acids is 1. The molecule has 18 heavy (non-hydrogen) atoms. The molecule has 94 valence electrons. The van der Waals surface area contributed by atoms with Crippen molar-refractivity contribution in [3.63, 3.8) is 0 Å². The van der Waals surface area contributed by atoms with E-state index in [0.29, 0.717) is 12.4 Å². The van der Waals surface area contributed by atoms with Crippen LogP contribution in [0.4, 0.5) is 4.79 Å². The summed E-state index contributed by atoms with van der Waals surface area (Å²) in [5.41, 5.74) is 1.77. The minimum atomic E-state index is -0.554. The molecule has 1 aliphatic heterocycles. The second kappa shape index (κ2) is 3.82. The summed E-state index contributed by atoms with van der Waals surface area (Å²) in [6.45, 7) is 2.57. The molecule has 1 fully saturated rings. The third kappa shape index (κ3) is 1.31. The number of benzene rings is 1. The van der Waals surface area contributed by atoms with Gasteiger partial charge in [0.1, 0.15) is 11.4 Å². The number of urea groups is 1. The van der Waals surface area contributed by atoms with Crippen LogP contribution in [-0.2, 0) is 12.0 Å². The van der Waals surface area contributed by atoms with Gasteiger partial charge in [0.05, 0.1) is 0 Å². The molecule has 1 aliphatic carbocycles. The lowest BCUT2D eigenvalue weighted by Crippen LogP contribution is -2.44. The Balaban J connectivity index is 2.19. The van der Waals surface area contributed by atoms with Crippen LogP contribution in [-0.4, -0.2) is 23.3 Å². The Morgan fingerprint density at radius 3 is 3.06 bits per heavy atom. The van der Waals surface area contributed by atoms with Gasteiger partial charge in [-0.25, -0.2) is 4.79 Å². The highest BCUT2D eigenvalue weighted by Crippen LogP contribution is 2.45. The van der Waals surface area contributed by atoms with E-state index in [9.17, 15) is 4.79 Å². The molecule has 1 spiro atoms. The number of amidine groups is 1. The minimum absolute atomic E-state index is 0.154. The van der Waals surface area contributed by atoms with E-state index >= 15 is 0 Å². The smallest absolute Gasteiger partial charge is 0.308 e. The SMILES string of the molecule is CCN1C(=O)NC(=N)C12CCc1cc(Br)ccc12. The number of rotatable bonds is 1. The van der Waals surface area contributed by atoms with Gasteiger partial charge in [0.25, 0.3) is 0 Å². The van der Waals surface area contributed by atoms with E-state index in [4.69, 9.17) is 5.41 Å². The Bertz CT molecular complexity index is 557. The van der Waals surface area contributed by atoms with Gasteiger partial charge in [-0.1, -0.05) is 22.0 Å². The van der Waals surface area contributed by atoms with Gasteiger partial charge in [0.2, 0.25) is 0 Å². The second-order valence-electron chi connectivity index (χ2n) is 4.71. The number of nitrogens with one attached hydrogen (secondary N) is 2. The van der Waals surface area contributed by atoms with Gasteiger partial charge in [0, 0.05) is 11.0 Å². The van der Waals surface area contributed by atoms with E-state index in [1.54, 1.807) is 4.90 Å². The first-order chi connectivity index (χ1) is 8.59. The second-order valence-corrected chi connectivity index (χ2v) is 5.63. The van der Waals surface area contributed by atoms with Crippen molar-refractivity contribution in [1.82, 2.24) is 10.2 Å². The van der Waals surface area contributed by atoms with Gasteiger partial charge >= 0.3 is 6.03 Å². The molecule has 0 radical (unpaired) electrons. The molecule has 0 aromatic heterocycles. The molecule has 1 aromatic carbocycles. The predicted octanol–water partition coefficient (Wildman–Crippen LogP) is 2.61. The number of carbonyl (C=O) groups is 1. The maximum absolute atomic E-state index is 11.9. The molecule has 2 aliphatic rings. The number of hydrogen-bond acceptors (Lipinski definition) is 2. The third-order valence-electron chi connectivity index (χ3n) is 3.94. The Morgan fingerprint density at radius 1 is 1.56 bits per heavy atom. The molecule has 0 bridgehead atoms. The summed E-state index contributed by atoms with van der Waals surface area (Å²) in [5.74, 6) is 0.315. The fourth-order valence-corrected chi connectivity index (χ4v) is 3.57. The highest BCUT2D eigenvalue weighted by molar-refractivity contribution is 9.10. The average Bonchev–Trinajstić information content (AvgIpc) is 2.80. The van der Waals surface area contributed by atoms with E-state index in [1.807, 2.05) is 19.1 Å². The molecule has 3 rings (SSSR count). The average molecular weight is 308 g/mol. The normalized spacial score (nSPS) is 25.8. The van der Waals surface area contributed by atoms with Crippen molar-refractivity contribution in [3.05, 3.63) is 33.8 Å². The zero-order valence-electron chi connectivity index (χ0n) is 10.1. The first-order valence-electron chi connectivity index (χ1n) is 6.06. The van der Waals surface area contributed by atoms with Crippen LogP contribution in [0.1, 0.15) is 24.5 Å². The standard InChI is InChI=1S/C13H14BrN3O/c1-2-17-12(18)16-11(15)13(17)6-5-8-7-9(14)3-4-10(8)13/h3-4,7H,2,5-6H2,1H3,(H2,15,16,18). The lowest BCUT2D eigenvalue weighted by atomic mass is 9.90. The number of hydrogen-bond donors (Lipinski definition) is 2. The fourth-order valence-electron chi connectivity index (χ4n) is 3.16. The molecule has 1 atom stereocenters. The Kier molecular flexibility index (Phi) is 2.48. The van der Waals surface area contributed by atoms with Crippen LogP contribution in [0, 0.1) is 5.41 Å². The largest absolute Gasteiger partial charge is 0.323 e. The molecule has 1 saturated heterocycles. The van der Waals surface area contributed by atoms with Gasteiger partial charge in [0.15, 0.2) is 0 Å². The molecule has 1 heterocycles. The lowest BCUT2D eigenvalue weighted by molar-refractivity contribution is 0.177. The van der Waals surface area contributed by atoms with Crippen molar-refractivity contribution >= 4 is 27.8 Å². The first-order valence-corrected chi connectivity index (χ1v) is 6.85. The molecule has 2 amide bonds. The Morgan fingerprint density at radius 2 is 2.33 bits per heavy atom. The first kappa shape index (κ1) is 11.7. The van der Waals surface area contributed by atoms with Crippen LogP contribution in [0.5, 0.6) is 0 Å². The van der Waals surface area contributed by atoms with Gasteiger partial charge in [-0.15, -0.1) is 0 Å². The molecule has 0 saturated carbocycles. The molecular weight excluding hydrogens is 294 g/mol. The summed E-state index contributed by atoms with van der Waals surface area (Å²) >= 11 is 3.47. The van der Waals surface area contributed by atoms with Crippen molar-refractivity contribution in [3.8, 4) is 0 Å². The summed E-state index contributed by atoms with van der Waals surface area (Å²) < 4.78 is 1.05. The zero-order chi connectivity index (χ0) is 12.9. The monoisotopic (exact) mass is 307 g/mol. The van der Waals surface area contributed by atoms with Gasteiger partial charge in [-0.2, -0.15) is 0 Å². The third-order valence-corrected chi connectivity index (χ3v) is 4.43. The molecular formula is C13H14BrN3O. The quantitative estimate of drug-likeness (QED) is 0.823. The number of fused-ring (bicyclic) bond motifs is 2. The van der Waals surface area contributed by atoms with Crippen molar-refractivity contribution in [2.75, 3.05) is 6.54 Å². The summed E-state index contributed by atoms with van der Waals surface area (Å²) in [7, 11) is 0. The lowest BCUT2D eigenvalue weighted by Gasteiger charge is -2.33. The van der Waals surface area contributed by atoms with Crippen molar-refractivity contribution in [2.24, 2.45) is 0 Å². The summed E-state index contributed by atoms with van der Waals surface area (Å²) in [6, 6.07) is 5.95. The van der Waals surface area contributed by atoms with E-state index in [1.165, 1.54) is 5.56 Å². The van der Waals surface area contributed by atoms with Crippen LogP contribution < -0.4 is 5.32 Å². The van der Waals surface area contributed by atoms with Crippen molar-refractivity contribution < 1.29 is 4.79 Å². The Labute approximate surface area is 114 Å². The van der Waals surface area contributed by atoms with Crippen molar-refractivity contribution in [1.29, 1.82) is 5.41 Å². The number of likely N-dealkylation sites (N-methyl/N-ethyl adjacent to an activating group) is 1. The number of nitrogens with zero attached hydrogens (tertiary/aromatic N) is 1. The molecule has 2 N–H and O–H groups in total. The number of amides is 2. The fraction of sp³-hybridized carbons (Fsp3) is 0.385. The number of aryl methyl sites for hydroxylation is 1. The van der Waals surface area contributed by atoms with E-state index in [0.717, 1.165) is 22.9 Å². The van der Waals surface area contributed by atoms with Crippen molar-refractivity contribution in [2.45, 2.75) is 25.3 Å². The maximum atomic E-state index is 11.9. The molecule has 4 nitrogen and oxygen atoms in total. The summed E-state index contributed by atoms with van der Waals surface area (Å²) in [5, 5.41) is 10.8. The van der Waals surface area contributed by atoms with Crippen LogP contribution >= 0.6 is 15.9 Å². The van der Waals surface area contributed by atoms with Crippen LogP contribution in [0.25, 0.3) is 0 Å². The molecule has 1 unspecified atom stereocenters. The van der Waals surface area contributed by atoms with Gasteiger partial charge in [-0.05, 0) is 43.0 Å². The van der Waals surface area contributed by atoms with Crippen LogP contribution in [0.3, 0.4) is 0 Å². The highest BCUT2D eigenvalue weighted by atomic mass is 79.9. The van der Waals surface area contributed by atoms with Gasteiger partial charge in [-0.3, -0.25) is 10.7 Å². The summed E-state index contributed by atoms with van der Waals surface area (Å²) in [4.78, 5) is 13.7. The van der Waals surface area contributed by atoms with E-state index in [-0.39, 0.29) is 6.03 Å². The predicted molar refractivity (Wildman–Crippen MR) is 72.8 cm³/mol. The minimum Gasteiger partial charge on any atom is -0.308 e. The highest BCUT2D eigenvalue weighted by Gasteiger charge is 2.53. The molecule has 1 aromatic rings. The Hall–Kier alpha value is -1.36. The van der Waals surface area contributed by atoms with Crippen LogP contribution in [0.2, 0.25) is 0 Å². The maximum Gasteiger partial charge on any atom is 0.323 e. The topological polar surface area (TPSA) is 56.2 Å². The number of halogens is 1. The van der Waals surface area contributed by atoms with E-state index in [2.05, 4.69) is 27.3 Å². The zero-order valence-corrected chi connectivity index (χ0v) is 11.7. The van der Waals surface area contributed by atoms with Gasteiger partial charge < -0.3 is 4.90 Å².